The minimum atomic E-state index is 0.608. The number of nitrogens with one attached hydrogen (secondary N) is 1. The monoisotopic (exact) mass is 328 g/mol. The smallest absolute Gasteiger partial charge is 0.124 e. The number of rotatable bonds is 5. The van der Waals surface area contributed by atoms with Crippen LogP contribution in [0.1, 0.15) is 11.1 Å². The molecule has 0 amide bonds. The Morgan fingerprint density at radius 3 is 2.63 bits per heavy atom. The zero-order chi connectivity index (χ0) is 13.7. The van der Waals surface area contributed by atoms with Crippen LogP contribution in [0.3, 0.4) is 0 Å². The number of hydrogen-bond donors (Lipinski definition) is 1. The van der Waals surface area contributed by atoms with Crippen LogP contribution in [0.25, 0.3) is 0 Å². The van der Waals surface area contributed by atoms with Gasteiger partial charge in [-0.25, -0.2) is 0 Å². The van der Waals surface area contributed by atoms with E-state index in [1.165, 1.54) is 11.1 Å². The lowest BCUT2D eigenvalue weighted by Crippen LogP contribution is -2.43. The Morgan fingerprint density at radius 2 is 2.00 bits per heavy atom. The third kappa shape index (κ3) is 3.92. The predicted octanol–water partition coefficient (Wildman–Crippen LogP) is 2.01. The van der Waals surface area contributed by atoms with Crippen molar-refractivity contribution in [2.45, 2.75) is 13.2 Å². The number of methoxy groups -OCH3 is 2. The molecule has 1 saturated heterocycles. The third-order valence-corrected chi connectivity index (χ3v) is 3.84. The third-order valence-electron chi connectivity index (χ3n) is 3.38. The van der Waals surface area contributed by atoms with E-state index in [-0.39, 0.29) is 0 Å². The fraction of sp³-hybridized carbons (Fsp3) is 0.571. The summed E-state index contributed by atoms with van der Waals surface area (Å²) in [5.41, 5.74) is 2.42. The molecule has 0 saturated carbocycles. The Labute approximate surface area is 123 Å². The molecule has 1 aromatic rings. The van der Waals surface area contributed by atoms with Gasteiger partial charge in [0.2, 0.25) is 0 Å². The molecule has 1 N–H and O–H groups in total. The minimum absolute atomic E-state index is 0.608. The molecule has 0 aromatic heterocycles. The molecule has 1 fully saturated rings. The van der Waals surface area contributed by atoms with E-state index < -0.39 is 0 Å². The summed E-state index contributed by atoms with van der Waals surface area (Å²) in [6.45, 7) is 5.78. The van der Waals surface area contributed by atoms with E-state index in [1.54, 1.807) is 14.2 Å². The zero-order valence-corrected chi connectivity index (χ0v) is 13.1. The van der Waals surface area contributed by atoms with Crippen LogP contribution < -0.4 is 10.1 Å². The lowest BCUT2D eigenvalue weighted by Gasteiger charge is -2.28. The fourth-order valence-corrected chi connectivity index (χ4v) is 2.89. The van der Waals surface area contributed by atoms with Crippen LogP contribution >= 0.6 is 15.9 Å². The van der Waals surface area contributed by atoms with Crippen molar-refractivity contribution >= 4 is 15.9 Å². The van der Waals surface area contributed by atoms with Crippen LogP contribution in [0.5, 0.6) is 5.75 Å². The van der Waals surface area contributed by atoms with Crippen molar-refractivity contribution in [2.75, 3.05) is 40.4 Å². The molecular weight excluding hydrogens is 308 g/mol. The summed E-state index contributed by atoms with van der Waals surface area (Å²) in [5, 5.41) is 3.37. The van der Waals surface area contributed by atoms with Crippen molar-refractivity contribution in [1.82, 2.24) is 10.2 Å². The van der Waals surface area contributed by atoms with Crippen molar-refractivity contribution < 1.29 is 9.47 Å². The minimum Gasteiger partial charge on any atom is -0.496 e. The molecule has 106 valence electrons. The number of ether oxygens (including phenoxy) is 2. The molecule has 5 heteroatoms. The standard InChI is InChI=1S/C14H21BrN2O2/c1-18-10-11-7-12(15)8-14(19-2)13(11)9-17-5-3-16-4-6-17/h7-8,16H,3-6,9-10H2,1-2H3. The number of benzene rings is 1. The quantitative estimate of drug-likeness (QED) is 0.896. The molecule has 0 unspecified atom stereocenters. The summed E-state index contributed by atoms with van der Waals surface area (Å²) in [5.74, 6) is 0.931. The first-order valence-electron chi connectivity index (χ1n) is 6.52. The van der Waals surface area contributed by atoms with Gasteiger partial charge in [-0.05, 0) is 17.7 Å². The summed E-state index contributed by atoms with van der Waals surface area (Å²) in [4.78, 5) is 2.45. The molecule has 0 atom stereocenters. The first-order chi connectivity index (χ1) is 9.24. The van der Waals surface area contributed by atoms with E-state index >= 15 is 0 Å². The second-order valence-electron chi connectivity index (χ2n) is 4.70. The van der Waals surface area contributed by atoms with Crippen molar-refractivity contribution in [3.8, 4) is 5.75 Å². The molecule has 0 spiro atoms. The Morgan fingerprint density at radius 1 is 1.26 bits per heavy atom. The van der Waals surface area contributed by atoms with Crippen LogP contribution in [-0.2, 0) is 17.9 Å². The van der Waals surface area contributed by atoms with Gasteiger partial charge in [-0.3, -0.25) is 4.90 Å². The average Bonchev–Trinajstić information content (AvgIpc) is 2.43. The molecule has 1 aliphatic rings. The number of piperazine rings is 1. The maximum Gasteiger partial charge on any atom is 0.124 e. The SMILES string of the molecule is COCc1cc(Br)cc(OC)c1CN1CCNCC1. The highest BCUT2D eigenvalue weighted by Crippen LogP contribution is 2.29. The lowest BCUT2D eigenvalue weighted by atomic mass is 10.1. The van der Waals surface area contributed by atoms with E-state index in [9.17, 15) is 0 Å². The second-order valence-corrected chi connectivity index (χ2v) is 5.62. The lowest BCUT2D eigenvalue weighted by molar-refractivity contribution is 0.180. The zero-order valence-electron chi connectivity index (χ0n) is 11.5. The number of nitrogens with zero attached hydrogens (tertiary/aromatic N) is 1. The normalized spacial score (nSPS) is 16.6. The van der Waals surface area contributed by atoms with Gasteiger partial charge in [-0.15, -0.1) is 0 Å². The predicted molar refractivity (Wildman–Crippen MR) is 79.6 cm³/mol. The number of hydrogen-bond acceptors (Lipinski definition) is 4. The Bertz CT molecular complexity index is 420. The van der Waals surface area contributed by atoms with E-state index in [4.69, 9.17) is 9.47 Å². The highest BCUT2D eigenvalue weighted by atomic mass is 79.9. The van der Waals surface area contributed by atoms with Gasteiger partial charge in [0.1, 0.15) is 5.75 Å². The Hall–Kier alpha value is -0.620. The molecule has 0 bridgehead atoms. The molecule has 1 aromatic carbocycles. The van der Waals surface area contributed by atoms with Crippen molar-refractivity contribution in [3.05, 3.63) is 27.7 Å². The summed E-state index contributed by atoms with van der Waals surface area (Å²) >= 11 is 3.52. The summed E-state index contributed by atoms with van der Waals surface area (Å²) in [7, 11) is 3.45. The summed E-state index contributed by atoms with van der Waals surface area (Å²) < 4.78 is 11.9. The molecule has 19 heavy (non-hydrogen) atoms. The van der Waals surface area contributed by atoms with Gasteiger partial charge in [0.25, 0.3) is 0 Å². The maximum absolute atomic E-state index is 5.53. The topological polar surface area (TPSA) is 33.7 Å². The Kier molecular flexibility index (Phi) is 5.63. The van der Waals surface area contributed by atoms with Crippen molar-refractivity contribution in [3.63, 3.8) is 0 Å². The van der Waals surface area contributed by atoms with Gasteiger partial charge in [0.15, 0.2) is 0 Å². The van der Waals surface area contributed by atoms with Crippen molar-refractivity contribution in [1.29, 1.82) is 0 Å². The van der Waals surface area contributed by atoms with Gasteiger partial charge in [-0.2, -0.15) is 0 Å². The summed E-state index contributed by atoms with van der Waals surface area (Å²) in [6, 6.07) is 4.14. The first-order valence-corrected chi connectivity index (χ1v) is 7.31. The van der Waals surface area contributed by atoms with Gasteiger partial charge in [0.05, 0.1) is 13.7 Å². The van der Waals surface area contributed by atoms with E-state index in [2.05, 4.69) is 32.2 Å². The van der Waals surface area contributed by atoms with E-state index in [0.717, 1.165) is 42.9 Å². The molecular formula is C14H21BrN2O2. The van der Waals surface area contributed by atoms with Crippen LogP contribution in [-0.4, -0.2) is 45.3 Å². The largest absolute Gasteiger partial charge is 0.496 e. The molecule has 0 aliphatic carbocycles. The van der Waals surface area contributed by atoms with Gasteiger partial charge in [-0.1, -0.05) is 15.9 Å². The highest BCUT2D eigenvalue weighted by Gasteiger charge is 2.16. The van der Waals surface area contributed by atoms with E-state index in [0.29, 0.717) is 6.61 Å². The van der Waals surface area contributed by atoms with E-state index in [1.807, 2.05) is 6.07 Å². The fourth-order valence-electron chi connectivity index (χ4n) is 2.40. The molecule has 2 rings (SSSR count). The number of halogens is 1. The van der Waals surface area contributed by atoms with Gasteiger partial charge < -0.3 is 14.8 Å². The molecule has 1 aliphatic heterocycles. The molecule has 0 radical (unpaired) electrons. The highest BCUT2D eigenvalue weighted by molar-refractivity contribution is 9.10. The second kappa shape index (κ2) is 7.24. The van der Waals surface area contributed by atoms with Crippen molar-refractivity contribution in [2.24, 2.45) is 0 Å². The van der Waals surface area contributed by atoms with Crippen LogP contribution in [0.15, 0.2) is 16.6 Å². The molecule has 1 heterocycles. The van der Waals surface area contributed by atoms with Crippen LogP contribution in [0, 0.1) is 0 Å². The van der Waals surface area contributed by atoms with Gasteiger partial charge in [0, 0.05) is 49.9 Å². The first kappa shape index (κ1) is 14.8. The van der Waals surface area contributed by atoms with Crippen LogP contribution in [0.4, 0.5) is 0 Å². The van der Waals surface area contributed by atoms with Crippen LogP contribution in [0.2, 0.25) is 0 Å². The average molecular weight is 329 g/mol. The Balaban J connectivity index is 2.24. The summed E-state index contributed by atoms with van der Waals surface area (Å²) in [6.07, 6.45) is 0. The maximum atomic E-state index is 5.53. The molecule has 4 nitrogen and oxygen atoms in total. The van der Waals surface area contributed by atoms with Gasteiger partial charge >= 0.3 is 0 Å².